The first kappa shape index (κ1) is 16.0. The Hall–Kier alpha value is -1.85. The van der Waals surface area contributed by atoms with E-state index in [1.807, 2.05) is 21.1 Å². The second kappa shape index (κ2) is 5.35. The smallest absolute Gasteiger partial charge is 0.260 e. The van der Waals surface area contributed by atoms with E-state index >= 15 is 0 Å². The van der Waals surface area contributed by atoms with Crippen LogP contribution in [0.2, 0.25) is 0 Å². The van der Waals surface area contributed by atoms with Crippen molar-refractivity contribution < 1.29 is 20.1 Å². The van der Waals surface area contributed by atoms with Crippen molar-refractivity contribution in [3.63, 3.8) is 0 Å². The van der Waals surface area contributed by atoms with Crippen LogP contribution in [0, 0.1) is 0 Å². The molecule has 2 aromatic heterocycles. The molecule has 1 saturated heterocycles. The fourth-order valence-electron chi connectivity index (χ4n) is 2.68. The van der Waals surface area contributed by atoms with Crippen molar-refractivity contribution in [1.29, 1.82) is 0 Å². The molecule has 1 fully saturated rings. The molecular weight excluding hydrogens is 304 g/mol. The lowest BCUT2D eigenvalue weighted by Gasteiger charge is -2.22. The summed E-state index contributed by atoms with van der Waals surface area (Å²) in [6, 6.07) is 0. The van der Waals surface area contributed by atoms with Gasteiger partial charge in [0.05, 0.1) is 34.1 Å². The van der Waals surface area contributed by atoms with E-state index in [0.717, 1.165) is 0 Å². The molecule has 0 unspecified atom stereocenters. The summed E-state index contributed by atoms with van der Waals surface area (Å²) in [5, 5.41) is 29.3. The van der Waals surface area contributed by atoms with Gasteiger partial charge in [-0.25, -0.2) is 4.98 Å². The van der Waals surface area contributed by atoms with Crippen LogP contribution in [0.1, 0.15) is 6.23 Å². The average Bonchev–Trinajstić information content (AvgIpc) is 3.00. The Morgan fingerprint density at radius 2 is 1.96 bits per heavy atom. The van der Waals surface area contributed by atoms with Crippen molar-refractivity contribution in [2.24, 2.45) is 0 Å². The molecule has 0 spiro atoms. The van der Waals surface area contributed by atoms with E-state index in [9.17, 15) is 15.3 Å². The zero-order chi connectivity index (χ0) is 16.9. The van der Waals surface area contributed by atoms with Crippen molar-refractivity contribution in [2.45, 2.75) is 24.5 Å². The van der Waals surface area contributed by atoms with Gasteiger partial charge in [-0.15, -0.1) is 0 Å². The third-order valence-electron chi connectivity index (χ3n) is 3.85. The number of rotatable bonds is 3. The lowest BCUT2D eigenvalue weighted by Crippen LogP contribution is -2.36. The van der Waals surface area contributed by atoms with E-state index in [1.165, 1.54) is 10.9 Å². The van der Waals surface area contributed by atoms with Gasteiger partial charge < -0.3 is 25.8 Å². The first-order valence-electron chi connectivity index (χ1n) is 7.18. The highest BCUT2D eigenvalue weighted by Gasteiger charge is 2.44. The number of aliphatic hydroxyl groups is 3. The number of imidazole rings is 1. The van der Waals surface area contributed by atoms with Crippen LogP contribution in [0.5, 0.6) is 0 Å². The molecule has 10 heteroatoms. The van der Waals surface area contributed by atoms with Crippen LogP contribution >= 0.6 is 0 Å². The quantitative estimate of drug-likeness (QED) is 0.486. The molecule has 4 atom stereocenters. The van der Waals surface area contributed by atoms with Gasteiger partial charge >= 0.3 is 0 Å². The van der Waals surface area contributed by atoms with Crippen molar-refractivity contribution >= 4 is 22.9 Å². The molecule has 1 aliphatic rings. The maximum absolute atomic E-state index is 10.2. The number of nitrogen functional groups attached to an aromatic ring is 1. The predicted octanol–water partition coefficient (Wildman–Crippen LogP) is -1.78. The van der Waals surface area contributed by atoms with Crippen LogP contribution in [0.15, 0.2) is 6.33 Å². The zero-order valence-electron chi connectivity index (χ0n) is 13.2. The molecule has 0 amide bonds. The first-order chi connectivity index (χ1) is 10.7. The lowest BCUT2D eigenvalue weighted by atomic mass is 10.1. The number of hydrogen-bond donors (Lipinski definition) is 4. The molecule has 0 aliphatic carbocycles. The second-order valence-electron chi connectivity index (χ2n) is 6.47. The summed E-state index contributed by atoms with van der Waals surface area (Å²) in [5.74, 6) is 0.701. The normalized spacial score (nSPS) is 28.6. The van der Waals surface area contributed by atoms with Gasteiger partial charge in [-0.3, -0.25) is 9.05 Å². The molecular formula is C13H21N6O4+. The Bertz CT molecular complexity index is 727. The van der Waals surface area contributed by atoms with Crippen molar-refractivity contribution in [3.8, 4) is 0 Å². The number of quaternary nitrogens is 1. The molecule has 5 N–H and O–H groups in total. The van der Waals surface area contributed by atoms with E-state index in [1.54, 1.807) is 0 Å². The summed E-state index contributed by atoms with van der Waals surface area (Å²) in [6.07, 6.45) is -2.74. The van der Waals surface area contributed by atoms with Gasteiger partial charge in [-0.05, 0) is 0 Å². The topological polar surface area (TPSA) is 140 Å². The Morgan fingerprint density at radius 3 is 2.52 bits per heavy atom. The Balaban J connectivity index is 2.12. The summed E-state index contributed by atoms with van der Waals surface area (Å²) in [5.41, 5.74) is 6.73. The molecule has 2 aromatic rings. The van der Waals surface area contributed by atoms with Crippen LogP contribution in [-0.2, 0) is 4.74 Å². The number of ether oxygens (including phenoxy) is 1. The SMILES string of the molecule is C[N+](C)(C)c1nc(N)nc2c1ncn2[C@@H]1O[C@@H](CO)[C@@H](O)[C@H]1O. The highest BCUT2D eigenvalue weighted by atomic mass is 16.6. The third kappa shape index (κ3) is 2.54. The molecule has 1 aliphatic heterocycles. The second-order valence-corrected chi connectivity index (χ2v) is 6.47. The lowest BCUT2D eigenvalue weighted by molar-refractivity contribution is -0.0511. The summed E-state index contributed by atoms with van der Waals surface area (Å²) < 4.78 is 7.40. The largest absolute Gasteiger partial charge is 0.394 e. The molecule has 23 heavy (non-hydrogen) atoms. The van der Waals surface area contributed by atoms with E-state index in [4.69, 9.17) is 10.5 Å². The Kier molecular flexibility index (Phi) is 3.73. The van der Waals surface area contributed by atoms with Crippen molar-refractivity contribution in [1.82, 2.24) is 24.0 Å². The molecule has 10 nitrogen and oxygen atoms in total. The van der Waals surface area contributed by atoms with Crippen LogP contribution in [0.25, 0.3) is 11.2 Å². The summed E-state index contributed by atoms with van der Waals surface area (Å²) in [7, 11) is 5.77. The maximum Gasteiger partial charge on any atom is 0.260 e. The van der Waals surface area contributed by atoms with Crippen molar-refractivity contribution in [2.75, 3.05) is 33.5 Å². The molecule has 0 radical (unpaired) electrons. The maximum atomic E-state index is 10.2. The van der Waals surface area contributed by atoms with Gasteiger partial charge in [0.1, 0.15) is 18.3 Å². The molecule has 0 aromatic carbocycles. The summed E-state index contributed by atoms with van der Waals surface area (Å²) >= 11 is 0. The number of aromatic nitrogens is 4. The van der Waals surface area contributed by atoms with Gasteiger partial charge in [0.2, 0.25) is 5.95 Å². The fraction of sp³-hybridized carbons (Fsp3) is 0.615. The number of hydrogen-bond acceptors (Lipinski definition) is 8. The van der Waals surface area contributed by atoms with Gasteiger partial charge in [0.25, 0.3) is 5.82 Å². The number of nitrogens with two attached hydrogens (primary N) is 1. The minimum Gasteiger partial charge on any atom is -0.394 e. The number of fused-ring (bicyclic) bond motifs is 1. The Morgan fingerprint density at radius 1 is 1.26 bits per heavy atom. The first-order valence-corrected chi connectivity index (χ1v) is 7.18. The van der Waals surface area contributed by atoms with E-state index in [2.05, 4.69) is 15.0 Å². The van der Waals surface area contributed by atoms with Crippen LogP contribution in [-0.4, -0.2) is 80.9 Å². The average molecular weight is 325 g/mol. The minimum atomic E-state index is -1.21. The predicted molar refractivity (Wildman–Crippen MR) is 82.3 cm³/mol. The Labute approximate surface area is 132 Å². The standard InChI is InChI=1S/C13H21N6O4/c1-19(2,3)11-7-10(16-13(14)17-11)18(5-15-7)12-9(22)8(21)6(4-20)23-12/h5-6,8-9,12,20-22H,4H2,1-3H3,(H2,14,16,17)/q+1/t6-,8+,9+,12+/m0/s1. The summed E-state index contributed by atoms with van der Waals surface area (Å²) in [4.78, 5) is 12.7. The molecule has 3 rings (SSSR count). The molecule has 126 valence electrons. The van der Waals surface area contributed by atoms with Gasteiger partial charge in [0.15, 0.2) is 17.4 Å². The van der Waals surface area contributed by atoms with E-state index in [-0.39, 0.29) is 5.95 Å². The van der Waals surface area contributed by atoms with Gasteiger partial charge in [-0.2, -0.15) is 9.97 Å². The minimum absolute atomic E-state index is 0.0778. The van der Waals surface area contributed by atoms with Gasteiger partial charge in [0, 0.05) is 0 Å². The summed E-state index contributed by atoms with van der Waals surface area (Å²) in [6.45, 7) is -0.400. The van der Waals surface area contributed by atoms with Crippen LogP contribution in [0.3, 0.4) is 0 Å². The highest BCUT2D eigenvalue weighted by molar-refractivity contribution is 5.83. The van der Waals surface area contributed by atoms with Crippen LogP contribution in [0.4, 0.5) is 11.8 Å². The molecule has 0 saturated carbocycles. The van der Waals surface area contributed by atoms with Crippen molar-refractivity contribution in [3.05, 3.63) is 6.33 Å². The highest BCUT2D eigenvalue weighted by Crippen LogP contribution is 2.33. The third-order valence-corrected chi connectivity index (χ3v) is 3.85. The van der Waals surface area contributed by atoms with Crippen LogP contribution < -0.4 is 10.2 Å². The zero-order valence-corrected chi connectivity index (χ0v) is 13.2. The fourth-order valence-corrected chi connectivity index (χ4v) is 2.68. The van der Waals surface area contributed by atoms with Gasteiger partial charge in [-0.1, -0.05) is 0 Å². The molecule has 3 heterocycles. The van der Waals surface area contributed by atoms with E-state index in [0.29, 0.717) is 21.5 Å². The number of anilines is 1. The number of aliphatic hydroxyl groups excluding tert-OH is 3. The number of nitrogens with zero attached hydrogens (tertiary/aromatic N) is 5. The van der Waals surface area contributed by atoms with E-state index < -0.39 is 31.1 Å². The molecule has 0 bridgehead atoms. The monoisotopic (exact) mass is 325 g/mol.